The second-order valence-corrected chi connectivity index (χ2v) is 7.30. The predicted molar refractivity (Wildman–Crippen MR) is 106 cm³/mol. The molecule has 0 aliphatic heterocycles. The van der Waals surface area contributed by atoms with Crippen LogP contribution in [0.5, 0.6) is 0 Å². The first-order chi connectivity index (χ1) is 13.2. The van der Waals surface area contributed by atoms with Crippen molar-refractivity contribution in [1.82, 2.24) is 14.5 Å². The smallest absolute Gasteiger partial charge is 0.270 e. The third-order valence-corrected chi connectivity index (χ3v) is 5.67. The second-order valence-electron chi connectivity index (χ2n) is 7.30. The van der Waals surface area contributed by atoms with E-state index in [2.05, 4.69) is 26.7 Å². The SMILES string of the molecule is O=[N+]([O-])c1cccc(-c2cc3cnc4[nH]ccc4c3n2C2CCCCC2)c1. The van der Waals surface area contributed by atoms with Crippen LogP contribution < -0.4 is 0 Å². The van der Waals surface area contributed by atoms with E-state index in [-0.39, 0.29) is 10.6 Å². The Kier molecular flexibility index (Phi) is 3.70. The molecule has 0 bridgehead atoms. The minimum absolute atomic E-state index is 0.123. The van der Waals surface area contributed by atoms with Crippen LogP contribution in [-0.4, -0.2) is 19.5 Å². The van der Waals surface area contributed by atoms with E-state index in [0.29, 0.717) is 6.04 Å². The molecule has 0 saturated heterocycles. The Morgan fingerprint density at radius 1 is 1.15 bits per heavy atom. The van der Waals surface area contributed by atoms with Gasteiger partial charge in [0.05, 0.1) is 10.4 Å². The number of nitrogens with zero attached hydrogens (tertiary/aromatic N) is 3. The molecular formula is C21H20N4O2. The number of fused-ring (bicyclic) bond motifs is 3. The van der Waals surface area contributed by atoms with Crippen molar-refractivity contribution < 1.29 is 4.92 Å². The fourth-order valence-electron chi connectivity index (χ4n) is 4.44. The number of aromatic nitrogens is 3. The summed E-state index contributed by atoms with van der Waals surface area (Å²) in [6.07, 6.45) is 9.82. The molecule has 1 N–H and O–H groups in total. The zero-order valence-corrected chi connectivity index (χ0v) is 14.9. The molecule has 0 atom stereocenters. The zero-order valence-electron chi connectivity index (χ0n) is 14.9. The van der Waals surface area contributed by atoms with Gasteiger partial charge < -0.3 is 9.55 Å². The molecule has 0 amide bonds. The molecule has 1 saturated carbocycles. The molecule has 27 heavy (non-hydrogen) atoms. The molecule has 3 aromatic heterocycles. The molecule has 0 unspecified atom stereocenters. The molecule has 3 heterocycles. The molecular weight excluding hydrogens is 340 g/mol. The van der Waals surface area contributed by atoms with Crippen LogP contribution in [-0.2, 0) is 0 Å². The lowest BCUT2D eigenvalue weighted by atomic mass is 9.94. The number of benzene rings is 1. The summed E-state index contributed by atoms with van der Waals surface area (Å²) in [6.45, 7) is 0. The lowest BCUT2D eigenvalue weighted by Gasteiger charge is -2.26. The van der Waals surface area contributed by atoms with Crippen LogP contribution in [0.25, 0.3) is 33.2 Å². The summed E-state index contributed by atoms with van der Waals surface area (Å²) in [5, 5.41) is 13.5. The van der Waals surface area contributed by atoms with E-state index in [4.69, 9.17) is 0 Å². The van der Waals surface area contributed by atoms with Crippen molar-refractivity contribution in [2.75, 3.05) is 0 Å². The quantitative estimate of drug-likeness (QED) is 0.382. The number of aromatic amines is 1. The van der Waals surface area contributed by atoms with E-state index in [1.807, 2.05) is 18.5 Å². The largest absolute Gasteiger partial charge is 0.346 e. The molecule has 5 rings (SSSR count). The van der Waals surface area contributed by atoms with Crippen LogP contribution in [0.4, 0.5) is 5.69 Å². The van der Waals surface area contributed by atoms with Gasteiger partial charge in [-0.05, 0) is 25.0 Å². The van der Waals surface area contributed by atoms with Crippen LogP contribution in [0.15, 0.2) is 48.8 Å². The summed E-state index contributed by atoms with van der Waals surface area (Å²) < 4.78 is 2.41. The molecule has 4 aromatic rings. The van der Waals surface area contributed by atoms with Gasteiger partial charge in [0.15, 0.2) is 0 Å². The Morgan fingerprint density at radius 2 is 2.00 bits per heavy atom. The van der Waals surface area contributed by atoms with Crippen LogP contribution in [0, 0.1) is 10.1 Å². The zero-order chi connectivity index (χ0) is 18.4. The average Bonchev–Trinajstić information content (AvgIpc) is 3.32. The van der Waals surface area contributed by atoms with E-state index >= 15 is 0 Å². The summed E-state index contributed by atoms with van der Waals surface area (Å²) >= 11 is 0. The maximum atomic E-state index is 11.3. The molecule has 1 fully saturated rings. The highest BCUT2D eigenvalue weighted by molar-refractivity contribution is 6.05. The fourth-order valence-corrected chi connectivity index (χ4v) is 4.44. The number of nitro benzene ring substituents is 1. The molecule has 6 heteroatoms. The van der Waals surface area contributed by atoms with Crippen molar-refractivity contribution in [2.24, 2.45) is 0 Å². The van der Waals surface area contributed by atoms with E-state index in [1.165, 1.54) is 24.8 Å². The molecule has 0 radical (unpaired) electrons. The Labute approximate surface area is 156 Å². The highest BCUT2D eigenvalue weighted by atomic mass is 16.6. The summed E-state index contributed by atoms with van der Waals surface area (Å²) in [7, 11) is 0. The first-order valence-corrected chi connectivity index (χ1v) is 9.44. The van der Waals surface area contributed by atoms with E-state index in [1.54, 1.807) is 18.2 Å². The highest BCUT2D eigenvalue weighted by Crippen LogP contribution is 2.40. The minimum atomic E-state index is -0.330. The van der Waals surface area contributed by atoms with Crippen molar-refractivity contribution in [3.8, 4) is 11.3 Å². The number of non-ortho nitro benzene ring substituents is 1. The number of hydrogen-bond acceptors (Lipinski definition) is 3. The lowest BCUT2D eigenvalue weighted by molar-refractivity contribution is -0.384. The van der Waals surface area contributed by atoms with Gasteiger partial charge in [-0.25, -0.2) is 4.98 Å². The topological polar surface area (TPSA) is 76.8 Å². The van der Waals surface area contributed by atoms with Gasteiger partial charge in [0, 0.05) is 52.6 Å². The molecule has 6 nitrogen and oxygen atoms in total. The monoisotopic (exact) mass is 360 g/mol. The van der Waals surface area contributed by atoms with Gasteiger partial charge in [0.1, 0.15) is 5.65 Å². The van der Waals surface area contributed by atoms with Crippen molar-refractivity contribution in [3.05, 3.63) is 58.9 Å². The first kappa shape index (κ1) is 16.1. The Bertz CT molecular complexity index is 1150. The fraction of sp³-hybridized carbons (Fsp3) is 0.286. The van der Waals surface area contributed by atoms with Gasteiger partial charge in [0.2, 0.25) is 0 Å². The maximum Gasteiger partial charge on any atom is 0.270 e. The van der Waals surface area contributed by atoms with Crippen LogP contribution in [0.1, 0.15) is 38.1 Å². The predicted octanol–water partition coefficient (Wildman–Crippen LogP) is 5.60. The average molecular weight is 360 g/mol. The van der Waals surface area contributed by atoms with Crippen molar-refractivity contribution in [3.63, 3.8) is 0 Å². The van der Waals surface area contributed by atoms with Gasteiger partial charge in [-0.2, -0.15) is 0 Å². The minimum Gasteiger partial charge on any atom is -0.346 e. The number of pyridine rings is 1. The third-order valence-electron chi connectivity index (χ3n) is 5.67. The number of rotatable bonds is 3. The number of H-pyrrole nitrogens is 1. The summed E-state index contributed by atoms with van der Waals surface area (Å²) in [5.41, 5.74) is 4.10. The van der Waals surface area contributed by atoms with Gasteiger partial charge in [-0.1, -0.05) is 31.4 Å². The Hall–Kier alpha value is -3.15. The maximum absolute atomic E-state index is 11.3. The van der Waals surface area contributed by atoms with E-state index < -0.39 is 0 Å². The number of hydrogen-bond donors (Lipinski definition) is 1. The lowest BCUT2D eigenvalue weighted by Crippen LogP contribution is -2.13. The van der Waals surface area contributed by atoms with Gasteiger partial charge >= 0.3 is 0 Å². The molecule has 1 aliphatic rings. The van der Waals surface area contributed by atoms with Crippen LogP contribution >= 0.6 is 0 Å². The first-order valence-electron chi connectivity index (χ1n) is 9.44. The molecule has 0 spiro atoms. The van der Waals surface area contributed by atoms with Crippen molar-refractivity contribution in [1.29, 1.82) is 0 Å². The number of nitro groups is 1. The molecule has 136 valence electrons. The Balaban J connectivity index is 1.81. The normalized spacial score (nSPS) is 15.6. The molecule has 1 aromatic carbocycles. The van der Waals surface area contributed by atoms with Gasteiger partial charge in [0.25, 0.3) is 5.69 Å². The van der Waals surface area contributed by atoms with Gasteiger partial charge in [-0.3, -0.25) is 10.1 Å². The van der Waals surface area contributed by atoms with E-state index in [0.717, 1.165) is 40.5 Å². The van der Waals surface area contributed by atoms with Crippen LogP contribution in [0.3, 0.4) is 0 Å². The summed E-state index contributed by atoms with van der Waals surface area (Å²) in [5.74, 6) is 0. The van der Waals surface area contributed by atoms with Crippen LogP contribution in [0.2, 0.25) is 0 Å². The second kappa shape index (κ2) is 6.23. The highest BCUT2D eigenvalue weighted by Gasteiger charge is 2.23. The van der Waals surface area contributed by atoms with Crippen molar-refractivity contribution >= 4 is 27.6 Å². The summed E-state index contributed by atoms with van der Waals surface area (Å²) in [4.78, 5) is 18.7. The van der Waals surface area contributed by atoms with Gasteiger partial charge in [-0.15, -0.1) is 0 Å². The molecule has 1 aliphatic carbocycles. The summed E-state index contributed by atoms with van der Waals surface area (Å²) in [6, 6.07) is 11.6. The number of nitrogens with one attached hydrogen (secondary N) is 1. The Morgan fingerprint density at radius 3 is 2.81 bits per heavy atom. The van der Waals surface area contributed by atoms with E-state index in [9.17, 15) is 10.1 Å². The third kappa shape index (κ3) is 2.60. The standard InChI is InChI=1S/C21H20N4O2/c26-25(27)17-8-4-5-14(11-17)19-12-15-13-23-21-18(9-10-22-21)20(15)24(19)16-6-2-1-3-7-16/h4-5,8-13,16H,1-3,6-7H2,(H,22,23). The van der Waals surface area contributed by atoms with Crippen molar-refractivity contribution in [2.45, 2.75) is 38.1 Å².